The summed E-state index contributed by atoms with van der Waals surface area (Å²) < 4.78 is 5.44. The minimum Gasteiger partial charge on any atom is -0.506 e. The van der Waals surface area contributed by atoms with Gasteiger partial charge in [-0.2, -0.15) is 0 Å². The van der Waals surface area contributed by atoms with Crippen LogP contribution >= 0.6 is 0 Å². The van der Waals surface area contributed by atoms with Gasteiger partial charge in [-0.3, -0.25) is 4.98 Å². The summed E-state index contributed by atoms with van der Waals surface area (Å²) >= 11 is 0. The highest BCUT2D eigenvalue weighted by Crippen LogP contribution is 2.30. The maximum atomic E-state index is 9.28. The van der Waals surface area contributed by atoms with E-state index in [1.807, 2.05) is 12.1 Å². The monoisotopic (exact) mass is 187 g/mol. The van der Waals surface area contributed by atoms with Crippen LogP contribution in [0.25, 0.3) is 10.9 Å². The van der Waals surface area contributed by atoms with Crippen molar-refractivity contribution >= 4 is 10.9 Å². The van der Waals surface area contributed by atoms with Crippen LogP contribution < -0.4 is 4.74 Å². The molecule has 0 aliphatic carbocycles. The highest BCUT2D eigenvalue weighted by molar-refractivity contribution is 5.82. The standard InChI is InChI=1S/C11H9NO2/c13-9-3-8-5-11-7(1-2-14-11)4-10(8)12-6-9/h3-6,13H,1-2H2. The summed E-state index contributed by atoms with van der Waals surface area (Å²) in [4.78, 5) is 4.15. The van der Waals surface area contributed by atoms with Gasteiger partial charge in [-0.25, -0.2) is 0 Å². The van der Waals surface area contributed by atoms with E-state index >= 15 is 0 Å². The Morgan fingerprint density at radius 1 is 1.29 bits per heavy atom. The Hall–Kier alpha value is -1.77. The third kappa shape index (κ3) is 1.02. The van der Waals surface area contributed by atoms with E-state index in [1.165, 1.54) is 11.8 Å². The highest BCUT2D eigenvalue weighted by Gasteiger charge is 2.13. The predicted molar refractivity (Wildman–Crippen MR) is 52.6 cm³/mol. The molecule has 1 aliphatic heterocycles. The highest BCUT2D eigenvalue weighted by atomic mass is 16.5. The molecule has 0 amide bonds. The molecule has 1 aliphatic rings. The molecule has 0 atom stereocenters. The molecule has 1 aromatic heterocycles. The lowest BCUT2D eigenvalue weighted by molar-refractivity contribution is 0.357. The molecule has 0 bridgehead atoms. The van der Waals surface area contributed by atoms with Crippen molar-refractivity contribution in [2.45, 2.75) is 6.42 Å². The summed E-state index contributed by atoms with van der Waals surface area (Å²) in [5.41, 5.74) is 2.11. The van der Waals surface area contributed by atoms with Gasteiger partial charge in [-0.1, -0.05) is 0 Å². The Morgan fingerprint density at radius 3 is 3.14 bits per heavy atom. The lowest BCUT2D eigenvalue weighted by atomic mass is 10.1. The number of hydrogen-bond donors (Lipinski definition) is 1. The molecule has 1 aromatic carbocycles. The molecule has 14 heavy (non-hydrogen) atoms. The first-order valence-corrected chi connectivity index (χ1v) is 4.57. The van der Waals surface area contributed by atoms with Crippen LogP contribution in [0.5, 0.6) is 11.5 Å². The number of aromatic hydroxyl groups is 1. The van der Waals surface area contributed by atoms with Crippen LogP contribution in [-0.2, 0) is 6.42 Å². The van der Waals surface area contributed by atoms with Crippen LogP contribution in [0, 0.1) is 0 Å². The molecule has 0 saturated carbocycles. The normalized spacial score (nSPS) is 14.0. The number of ether oxygens (including phenoxy) is 1. The molecule has 2 aromatic rings. The summed E-state index contributed by atoms with van der Waals surface area (Å²) in [6, 6.07) is 5.66. The number of fused-ring (bicyclic) bond motifs is 2. The van der Waals surface area contributed by atoms with E-state index in [2.05, 4.69) is 4.98 Å². The van der Waals surface area contributed by atoms with Gasteiger partial charge in [0.1, 0.15) is 11.5 Å². The van der Waals surface area contributed by atoms with Crippen molar-refractivity contribution in [2.24, 2.45) is 0 Å². The second-order valence-corrected chi connectivity index (χ2v) is 3.44. The number of nitrogens with zero attached hydrogens (tertiary/aromatic N) is 1. The van der Waals surface area contributed by atoms with E-state index < -0.39 is 0 Å². The Morgan fingerprint density at radius 2 is 2.21 bits per heavy atom. The smallest absolute Gasteiger partial charge is 0.134 e. The molecule has 1 N–H and O–H groups in total. The zero-order valence-electron chi connectivity index (χ0n) is 7.53. The van der Waals surface area contributed by atoms with E-state index in [0.29, 0.717) is 0 Å². The van der Waals surface area contributed by atoms with E-state index in [4.69, 9.17) is 4.74 Å². The summed E-state index contributed by atoms with van der Waals surface area (Å²) in [7, 11) is 0. The van der Waals surface area contributed by atoms with Crippen LogP contribution in [0.4, 0.5) is 0 Å². The molecule has 3 rings (SSSR count). The minimum atomic E-state index is 0.190. The van der Waals surface area contributed by atoms with Gasteiger partial charge < -0.3 is 9.84 Å². The molecule has 0 radical (unpaired) electrons. The Bertz CT molecular complexity index is 508. The van der Waals surface area contributed by atoms with Crippen LogP contribution in [0.15, 0.2) is 24.4 Å². The average Bonchev–Trinajstić information content (AvgIpc) is 2.61. The van der Waals surface area contributed by atoms with Gasteiger partial charge >= 0.3 is 0 Å². The fraction of sp³-hybridized carbons (Fsp3) is 0.182. The fourth-order valence-electron chi connectivity index (χ4n) is 1.79. The van der Waals surface area contributed by atoms with Crippen molar-refractivity contribution in [2.75, 3.05) is 6.61 Å². The van der Waals surface area contributed by atoms with Crippen molar-refractivity contribution in [1.82, 2.24) is 4.98 Å². The molecule has 3 heteroatoms. The second kappa shape index (κ2) is 2.61. The molecule has 3 nitrogen and oxygen atoms in total. The number of rotatable bonds is 0. The Balaban J connectivity index is 2.33. The maximum absolute atomic E-state index is 9.28. The van der Waals surface area contributed by atoms with Crippen molar-refractivity contribution in [3.05, 3.63) is 30.0 Å². The minimum absolute atomic E-state index is 0.190. The molecular weight excluding hydrogens is 178 g/mol. The number of pyridine rings is 1. The third-order valence-corrected chi connectivity index (χ3v) is 2.48. The maximum Gasteiger partial charge on any atom is 0.134 e. The van der Waals surface area contributed by atoms with Crippen LogP contribution in [0.2, 0.25) is 0 Å². The summed E-state index contributed by atoms with van der Waals surface area (Å²) in [6.07, 6.45) is 2.42. The summed E-state index contributed by atoms with van der Waals surface area (Å²) in [5.74, 6) is 1.11. The summed E-state index contributed by atoms with van der Waals surface area (Å²) in [6.45, 7) is 0.748. The first kappa shape index (κ1) is 7.62. The van der Waals surface area contributed by atoms with Gasteiger partial charge in [-0.05, 0) is 23.8 Å². The van der Waals surface area contributed by atoms with E-state index in [0.717, 1.165) is 29.7 Å². The first-order chi connectivity index (χ1) is 6.83. The number of hydrogen-bond acceptors (Lipinski definition) is 3. The average molecular weight is 187 g/mol. The van der Waals surface area contributed by atoms with Gasteiger partial charge in [0.15, 0.2) is 0 Å². The molecular formula is C11H9NO2. The molecule has 0 fully saturated rings. The lowest BCUT2D eigenvalue weighted by Crippen LogP contribution is -1.85. The van der Waals surface area contributed by atoms with E-state index in [9.17, 15) is 5.11 Å². The summed E-state index contributed by atoms with van der Waals surface area (Å²) in [5, 5.41) is 10.2. The predicted octanol–water partition coefficient (Wildman–Crippen LogP) is 1.88. The van der Waals surface area contributed by atoms with E-state index in [1.54, 1.807) is 6.07 Å². The van der Waals surface area contributed by atoms with Gasteiger partial charge in [-0.15, -0.1) is 0 Å². The number of aromatic nitrogens is 1. The molecule has 0 unspecified atom stereocenters. The van der Waals surface area contributed by atoms with Crippen LogP contribution in [0.1, 0.15) is 5.56 Å². The van der Waals surface area contributed by atoms with Crippen molar-refractivity contribution < 1.29 is 9.84 Å². The van der Waals surface area contributed by atoms with Gasteiger partial charge in [0.2, 0.25) is 0 Å². The third-order valence-electron chi connectivity index (χ3n) is 2.48. The van der Waals surface area contributed by atoms with Crippen molar-refractivity contribution in [3.8, 4) is 11.5 Å². The molecule has 0 saturated heterocycles. The SMILES string of the molecule is Oc1cnc2cc3c(cc2c1)OCC3. The van der Waals surface area contributed by atoms with Crippen molar-refractivity contribution in [3.63, 3.8) is 0 Å². The van der Waals surface area contributed by atoms with Crippen molar-refractivity contribution in [1.29, 1.82) is 0 Å². The first-order valence-electron chi connectivity index (χ1n) is 4.57. The Kier molecular flexibility index (Phi) is 1.42. The van der Waals surface area contributed by atoms with Gasteiger partial charge in [0.05, 0.1) is 18.3 Å². The van der Waals surface area contributed by atoms with Gasteiger partial charge in [0, 0.05) is 11.8 Å². The quantitative estimate of drug-likeness (QED) is 0.684. The lowest BCUT2D eigenvalue weighted by Gasteiger charge is -2.02. The van der Waals surface area contributed by atoms with Crippen LogP contribution in [0.3, 0.4) is 0 Å². The van der Waals surface area contributed by atoms with Gasteiger partial charge in [0.25, 0.3) is 0 Å². The molecule has 70 valence electrons. The van der Waals surface area contributed by atoms with E-state index in [-0.39, 0.29) is 5.75 Å². The largest absolute Gasteiger partial charge is 0.506 e. The fourth-order valence-corrected chi connectivity index (χ4v) is 1.79. The molecule has 2 heterocycles. The second-order valence-electron chi connectivity index (χ2n) is 3.44. The zero-order chi connectivity index (χ0) is 9.54. The van der Waals surface area contributed by atoms with Crippen LogP contribution in [-0.4, -0.2) is 16.7 Å². The zero-order valence-corrected chi connectivity index (χ0v) is 7.53. The molecule has 0 spiro atoms. The number of benzene rings is 1. The Labute approximate surface area is 81.0 Å². The topological polar surface area (TPSA) is 42.4 Å².